The van der Waals surface area contributed by atoms with Crippen LogP contribution in [0.3, 0.4) is 0 Å². The molecule has 15 heavy (non-hydrogen) atoms. The predicted octanol–water partition coefficient (Wildman–Crippen LogP) is 2.52. The number of aryl methyl sites for hydroxylation is 1. The number of hydrogen-bond donors (Lipinski definition) is 1. The minimum atomic E-state index is 0.664. The van der Waals surface area contributed by atoms with Crippen molar-refractivity contribution in [1.82, 2.24) is 10.3 Å². The van der Waals surface area contributed by atoms with Crippen LogP contribution >= 0.6 is 0 Å². The minimum absolute atomic E-state index is 0.664. The van der Waals surface area contributed by atoms with Crippen molar-refractivity contribution in [3.05, 3.63) is 17.8 Å². The second kappa shape index (κ2) is 4.79. The molecule has 0 radical (unpaired) electrons. The van der Waals surface area contributed by atoms with E-state index in [1.54, 1.807) is 0 Å². The Morgan fingerprint density at radius 1 is 1.53 bits per heavy atom. The van der Waals surface area contributed by atoms with Crippen LogP contribution < -0.4 is 5.32 Å². The van der Waals surface area contributed by atoms with Crippen molar-refractivity contribution >= 4 is 0 Å². The summed E-state index contributed by atoms with van der Waals surface area (Å²) in [7, 11) is 0. The lowest BCUT2D eigenvalue weighted by Gasteiger charge is -2.09. The molecule has 2 unspecified atom stereocenters. The smallest absolute Gasteiger partial charge is 0.208 e. The molecule has 1 aliphatic carbocycles. The molecule has 3 heteroatoms. The van der Waals surface area contributed by atoms with Gasteiger partial charge < -0.3 is 9.73 Å². The quantitative estimate of drug-likeness (QED) is 0.826. The fraction of sp³-hybridized carbons (Fsp3) is 0.750. The van der Waals surface area contributed by atoms with Crippen LogP contribution in [0, 0.1) is 5.92 Å². The molecule has 0 saturated heterocycles. The molecule has 1 aromatic rings. The van der Waals surface area contributed by atoms with Gasteiger partial charge in [-0.1, -0.05) is 13.8 Å². The number of rotatable bonds is 4. The first-order chi connectivity index (χ1) is 7.28. The van der Waals surface area contributed by atoms with Gasteiger partial charge >= 0.3 is 0 Å². The summed E-state index contributed by atoms with van der Waals surface area (Å²) in [5.41, 5.74) is 0. The number of nitrogens with one attached hydrogen (secondary N) is 1. The van der Waals surface area contributed by atoms with E-state index in [1.807, 2.05) is 6.20 Å². The first-order valence-electron chi connectivity index (χ1n) is 5.95. The molecule has 1 N–H and O–H groups in total. The monoisotopic (exact) mass is 208 g/mol. The highest BCUT2D eigenvalue weighted by Crippen LogP contribution is 2.24. The molecular formula is C12H20N2O. The summed E-state index contributed by atoms with van der Waals surface area (Å²) in [6, 6.07) is 0.664. The molecule has 84 valence electrons. The zero-order valence-electron chi connectivity index (χ0n) is 9.62. The van der Waals surface area contributed by atoms with Gasteiger partial charge in [-0.2, -0.15) is 0 Å². The Morgan fingerprint density at radius 3 is 3.00 bits per heavy atom. The van der Waals surface area contributed by atoms with E-state index in [1.165, 1.54) is 19.3 Å². The third-order valence-corrected chi connectivity index (χ3v) is 3.19. The summed E-state index contributed by atoms with van der Waals surface area (Å²) in [5, 5.41) is 3.51. The lowest BCUT2D eigenvalue weighted by atomic mass is 10.1. The maximum atomic E-state index is 5.55. The standard InChI is InChI=1S/C12H20N2O/c1-3-11-7-14-12(15-11)8-13-10-5-4-9(2)6-10/h7,9-10,13H,3-6,8H2,1-2H3. The number of nitrogens with zero attached hydrogens (tertiary/aromatic N) is 1. The molecule has 0 spiro atoms. The largest absolute Gasteiger partial charge is 0.444 e. The molecule has 2 atom stereocenters. The van der Waals surface area contributed by atoms with Crippen molar-refractivity contribution in [3.63, 3.8) is 0 Å². The molecule has 0 aromatic carbocycles. The normalized spacial score (nSPS) is 26.0. The fourth-order valence-corrected chi connectivity index (χ4v) is 2.22. The average molecular weight is 208 g/mol. The Balaban J connectivity index is 1.77. The van der Waals surface area contributed by atoms with Gasteiger partial charge in [0.15, 0.2) is 0 Å². The van der Waals surface area contributed by atoms with Gasteiger partial charge in [0.05, 0.1) is 12.7 Å². The summed E-state index contributed by atoms with van der Waals surface area (Å²) < 4.78 is 5.55. The van der Waals surface area contributed by atoms with E-state index in [2.05, 4.69) is 24.1 Å². The van der Waals surface area contributed by atoms with Crippen LogP contribution in [0.2, 0.25) is 0 Å². The second-order valence-electron chi connectivity index (χ2n) is 4.57. The van der Waals surface area contributed by atoms with Gasteiger partial charge in [-0.25, -0.2) is 4.98 Å². The highest BCUT2D eigenvalue weighted by atomic mass is 16.4. The van der Waals surface area contributed by atoms with Crippen LogP contribution in [-0.4, -0.2) is 11.0 Å². The summed E-state index contributed by atoms with van der Waals surface area (Å²) in [6.07, 6.45) is 6.69. The van der Waals surface area contributed by atoms with E-state index < -0.39 is 0 Å². The maximum absolute atomic E-state index is 5.55. The zero-order valence-corrected chi connectivity index (χ0v) is 9.62. The SMILES string of the molecule is CCc1cnc(CNC2CCC(C)C2)o1. The lowest BCUT2D eigenvalue weighted by Crippen LogP contribution is -2.25. The Morgan fingerprint density at radius 2 is 2.40 bits per heavy atom. The van der Waals surface area contributed by atoms with Crippen LogP contribution in [0.25, 0.3) is 0 Å². The van der Waals surface area contributed by atoms with Gasteiger partial charge in [0.1, 0.15) is 5.76 Å². The molecule has 0 aliphatic heterocycles. The maximum Gasteiger partial charge on any atom is 0.208 e. The van der Waals surface area contributed by atoms with Crippen molar-refractivity contribution in [2.75, 3.05) is 0 Å². The topological polar surface area (TPSA) is 38.1 Å². The van der Waals surface area contributed by atoms with Crippen LogP contribution in [0.1, 0.15) is 44.8 Å². The molecule has 1 aromatic heterocycles. The zero-order chi connectivity index (χ0) is 10.7. The first-order valence-corrected chi connectivity index (χ1v) is 5.95. The molecule has 0 bridgehead atoms. The molecule has 1 fully saturated rings. The van der Waals surface area contributed by atoms with E-state index in [9.17, 15) is 0 Å². The summed E-state index contributed by atoms with van der Waals surface area (Å²) in [4.78, 5) is 4.24. The highest BCUT2D eigenvalue weighted by molar-refractivity contribution is 4.93. The predicted molar refractivity (Wildman–Crippen MR) is 59.5 cm³/mol. The molecule has 2 rings (SSSR count). The molecular weight excluding hydrogens is 188 g/mol. The number of oxazole rings is 1. The van der Waals surface area contributed by atoms with E-state index in [4.69, 9.17) is 4.42 Å². The van der Waals surface area contributed by atoms with Crippen molar-refractivity contribution in [2.45, 2.75) is 52.1 Å². The number of hydrogen-bond acceptors (Lipinski definition) is 3. The molecule has 3 nitrogen and oxygen atoms in total. The summed E-state index contributed by atoms with van der Waals surface area (Å²) >= 11 is 0. The van der Waals surface area contributed by atoms with Gasteiger partial charge in [0, 0.05) is 12.5 Å². The minimum Gasteiger partial charge on any atom is -0.444 e. The van der Waals surface area contributed by atoms with Crippen molar-refractivity contribution < 1.29 is 4.42 Å². The number of aromatic nitrogens is 1. The Hall–Kier alpha value is -0.830. The van der Waals surface area contributed by atoms with Crippen LogP contribution in [0.15, 0.2) is 10.6 Å². The Bertz CT molecular complexity index is 308. The van der Waals surface area contributed by atoms with Gasteiger partial charge in [-0.15, -0.1) is 0 Å². The molecule has 0 amide bonds. The highest BCUT2D eigenvalue weighted by Gasteiger charge is 2.20. The Labute approximate surface area is 91.3 Å². The summed E-state index contributed by atoms with van der Waals surface area (Å²) in [6.45, 7) is 5.18. The van der Waals surface area contributed by atoms with Crippen LogP contribution in [0.5, 0.6) is 0 Å². The third-order valence-electron chi connectivity index (χ3n) is 3.19. The van der Waals surface area contributed by atoms with Crippen LogP contribution in [0.4, 0.5) is 0 Å². The van der Waals surface area contributed by atoms with Crippen LogP contribution in [-0.2, 0) is 13.0 Å². The van der Waals surface area contributed by atoms with E-state index >= 15 is 0 Å². The van der Waals surface area contributed by atoms with E-state index in [0.29, 0.717) is 6.04 Å². The van der Waals surface area contributed by atoms with Crippen molar-refractivity contribution in [1.29, 1.82) is 0 Å². The lowest BCUT2D eigenvalue weighted by molar-refractivity contribution is 0.411. The first kappa shape index (κ1) is 10.7. The molecule has 1 saturated carbocycles. The van der Waals surface area contributed by atoms with Crippen molar-refractivity contribution in [2.24, 2.45) is 5.92 Å². The third kappa shape index (κ3) is 2.81. The fourth-order valence-electron chi connectivity index (χ4n) is 2.22. The van der Waals surface area contributed by atoms with Gasteiger partial charge in [-0.05, 0) is 25.2 Å². The Kier molecular flexibility index (Phi) is 3.41. The van der Waals surface area contributed by atoms with E-state index in [-0.39, 0.29) is 0 Å². The van der Waals surface area contributed by atoms with Crippen molar-refractivity contribution in [3.8, 4) is 0 Å². The second-order valence-corrected chi connectivity index (χ2v) is 4.57. The van der Waals surface area contributed by atoms with E-state index in [0.717, 1.165) is 30.5 Å². The van der Waals surface area contributed by atoms with Gasteiger partial charge in [0.2, 0.25) is 5.89 Å². The van der Waals surface area contributed by atoms with Gasteiger partial charge in [0.25, 0.3) is 0 Å². The average Bonchev–Trinajstić information content (AvgIpc) is 2.83. The molecule has 1 heterocycles. The molecule has 1 aliphatic rings. The summed E-state index contributed by atoms with van der Waals surface area (Å²) in [5.74, 6) is 2.68. The van der Waals surface area contributed by atoms with Gasteiger partial charge in [-0.3, -0.25) is 0 Å².